The second-order valence-corrected chi connectivity index (χ2v) is 4.72. The molecule has 73 valence electrons. The van der Waals surface area contributed by atoms with Gasteiger partial charge >= 0.3 is 0 Å². The summed E-state index contributed by atoms with van der Waals surface area (Å²) in [6.07, 6.45) is 0. The molecule has 1 rings (SSSR count). The Morgan fingerprint density at radius 3 is 1.86 bits per heavy atom. The summed E-state index contributed by atoms with van der Waals surface area (Å²) in [7, 11) is -4.60. The van der Waals surface area contributed by atoms with Gasteiger partial charge in [0.15, 0.2) is 0 Å². The van der Waals surface area contributed by atoms with Crippen molar-refractivity contribution >= 4 is 74.5 Å². The number of halogens is 3. The number of benzene rings is 1. The van der Waals surface area contributed by atoms with Crippen LogP contribution in [0.5, 0.6) is 0 Å². The summed E-state index contributed by atoms with van der Waals surface area (Å²) in [6.45, 7) is 0. The molecule has 0 bridgehead atoms. The van der Waals surface area contributed by atoms with Gasteiger partial charge in [0, 0.05) is 29.6 Å². The molecule has 0 aliphatic heterocycles. The van der Waals surface area contributed by atoms with Gasteiger partial charge in [0.25, 0.3) is 0 Å². The molecule has 3 nitrogen and oxygen atoms in total. The summed E-state index contributed by atoms with van der Waals surface area (Å²) < 4.78 is 31.7. The predicted octanol–water partition coefficient (Wildman–Crippen LogP) is 2.17. The van der Waals surface area contributed by atoms with Crippen molar-refractivity contribution in [2.45, 2.75) is 4.90 Å². The van der Waals surface area contributed by atoms with E-state index >= 15 is 0 Å². The first-order valence-electron chi connectivity index (χ1n) is 2.93. The van der Waals surface area contributed by atoms with Gasteiger partial charge in [-0.2, -0.15) is 0 Å². The second-order valence-electron chi connectivity index (χ2n) is 2.15. The Hall–Kier alpha value is 1.000. The van der Waals surface area contributed by atoms with Gasteiger partial charge in [-0.3, -0.25) is 0 Å². The van der Waals surface area contributed by atoms with E-state index in [0.717, 1.165) is 12.1 Å². The average molecular weight is 283 g/mol. The molecule has 1 radical (unpaired) electrons. The molecule has 0 heterocycles. The van der Waals surface area contributed by atoms with Crippen LogP contribution in [0.25, 0.3) is 0 Å². The van der Waals surface area contributed by atoms with E-state index in [1.165, 1.54) is 0 Å². The zero-order valence-corrected chi connectivity index (χ0v) is 12.0. The number of rotatable bonds is 1. The van der Waals surface area contributed by atoms with E-state index in [1.807, 2.05) is 0 Å². The Labute approximate surface area is 118 Å². The first kappa shape index (κ1) is 15.0. The molecule has 0 aliphatic carbocycles. The molecule has 0 N–H and O–H groups in total. The molecule has 1 aromatic rings. The first-order valence-corrected chi connectivity index (χ1v) is 5.47. The van der Waals surface area contributed by atoms with Crippen LogP contribution in [0.4, 0.5) is 0 Å². The van der Waals surface area contributed by atoms with Crippen LogP contribution in [0.2, 0.25) is 15.1 Å². The van der Waals surface area contributed by atoms with Gasteiger partial charge in [0.2, 0.25) is 0 Å². The smallest absolute Gasteiger partial charge is 0.125 e. The molecule has 1 aromatic carbocycles. The topological polar surface area (TPSA) is 57.2 Å². The molecule has 0 unspecified atom stereocenters. The molecule has 0 atom stereocenters. The Bertz CT molecular complexity index is 446. The first-order chi connectivity index (χ1) is 5.82. The number of hydrogen-bond acceptors (Lipinski definition) is 3. The quantitative estimate of drug-likeness (QED) is 0.451. The van der Waals surface area contributed by atoms with Crippen molar-refractivity contribution in [2.75, 3.05) is 0 Å². The molecule has 0 fully saturated rings. The predicted molar refractivity (Wildman–Crippen MR) is 55.2 cm³/mol. The minimum absolute atomic E-state index is 0. The van der Waals surface area contributed by atoms with Crippen molar-refractivity contribution in [3.05, 3.63) is 27.2 Å². The standard InChI is InChI=1S/C6H3Cl3O3S.Na/c7-3-1-5(9)6(2-4(3)8)13(10,11)12;/h1-2H,(H,10,11,12);/p-1. The minimum atomic E-state index is -4.60. The SMILES string of the molecule is O=S(=O)([O-])c1cc(Cl)c(Cl)cc1Cl.[Na]. The Kier molecular flexibility index (Phi) is 5.75. The Morgan fingerprint density at radius 2 is 1.43 bits per heavy atom. The monoisotopic (exact) mass is 282 g/mol. The summed E-state index contributed by atoms with van der Waals surface area (Å²) in [5.41, 5.74) is 0. The molecule has 14 heavy (non-hydrogen) atoms. The maximum atomic E-state index is 10.6. The molecule has 0 aromatic heterocycles. The van der Waals surface area contributed by atoms with E-state index in [4.69, 9.17) is 34.8 Å². The largest absolute Gasteiger partial charge is 0.744 e. The van der Waals surface area contributed by atoms with Gasteiger partial charge in [0.05, 0.1) is 20.0 Å². The van der Waals surface area contributed by atoms with Crippen molar-refractivity contribution in [1.82, 2.24) is 0 Å². The molecule has 8 heteroatoms. The van der Waals surface area contributed by atoms with Crippen LogP contribution >= 0.6 is 34.8 Å². The van der Waals surface area contributed by atoms with Gasteiger partial charge < -0.3 is 4.55 Å². The van der Waals surface area contributed by atoms with Gasteiger partial charge in [-0.15, -0.1) is 0 Å². The maximum absolute atomic E-state index is 10.6. The van der Waals surface area contributed by atoms with Crippen LogP contribution in [0, 0.1) is 0 Å². The third-order valence-corrected chi connectivity index (χ3v) is 3.27. The fourth-order valence-electron chi connectivity index (χ4n) is 0.696. The summed E-state index contributed by atoms with van der Waals surface area (Å²) in [5.74, 6) is 0. The van der Waals surface area contributed by atoms with E-state index in [9.17, 15) is 13.0 Å². The maximum Gasteiger partial charge on any atom is 0.125 e. The molecule has 0 amide bonds. The van der Waals surface area contributed by atoms with E-state index in [1.54, 1.807) is 0 Å². The molecule has 0 saturated carbocycles. The fraction of sp³-hybridized carbons (Fsp3) is 0. The molecule has 0 spiro atoms. The van der Waals surface area contributed by atoms with E-state index in [2.05, 4.69) is 0 Å². The average Bonchev–Trinajstić information content (AvgIpc) is 1.94. The zero-order chi connectivity index (χ0) is 10.2. The fourth-order valence-corrected chi connectivity index (χ4v) is 2.15. The third-order valence-electron chi connectivity index (χ3n) is 1.24. The van der Waals surface area contributed by atoms with Crippen molar-refractivity contribution in [3.8, 4) is 0 Å². The van der Waals surface area contributed by atoms with Crippen LogP contribution in [-0.2, 0) is 10.1 Å². The zero-order valence-electron chi connectivity index (χ0n) is 6.92. The Balaban J connectivity index is 0.00000169. The molecule has 0 aliphatic rings. The van der Waals surface area contributed by atoms with Crippen LogP contribution < -0.4 is 0 Å². The molecule has 0 saturated heterocycles. The molecular weight excluding hydrogens is 281 g/mol. The second kappa shape index (κ2) is 5.37. The molecular formula is C6H2Cl3NaO3S-. The summed E-state index contributed by atoms with van der Waals surface area (Å²) in [5, 5.41) is -0.163. The van der Waals surface area contributed by atoms with Crippen LogP contribution in [-0.4, -0.2) is 42.5 Å². The van der Waals surface area contributed by atoms with Crippen molar-refractivity contribution in [2.24, 2.45) is 0 Å². The van der Waals surface area contributed by atoms with Crippen molar-refractivity contribution in [3.63, 3.8) is 0 Å². The summed E-state index contributed by atoms with van der Waals surface area (Å²) in [4.78, 5) is -0.566. The van der Waals surface area contributed by atoms with E-state index in [0.29, 0.717) is 0 Å². The van der Waals surface area contributed by atoms with E-state index in [-0.39, 0.29) is 44.6 Å². The van der Waals surface area contributed by atoms with Crippen molar-refractivity contribution < 1.29 is 13.0 Å². The van der Waals surface area contributed by atoms with Gasteiger partial charge in [0.1, 0.15) is 10.1 Å². The summed E-state index contributed by atoms with van der Waals surface area (Å²) in [6, 6.07) is 2.03. The van der Waals surface area contributed by atoms with Gasteiger partial charge in [-0.1, -0.05) is 34.8 Å². The van der Waals surface area contributed by atoms with Crippen LogP contribution in [0.1, 0.15) is 0 Å². The third kappa shape index (κ3) is 3.54. The van der Waals surface area contributed by atoms with Gasteiger partial charge in [-0.05, 0) is 12.1 Å². The van der Waals surface area contributed by atoms with Crippen LogP contribution in [0.15, 0.2) is 17.0 Å². The minimum Gasteiger partial charge on any atom is -0.744 e. The normalized spacial score (nSPS) is 10.9. The Morgan fingerprint density at radius 1 is 1.00 bits per heavy atom. The van der Waals surface area contributed by atoms with Crippen LogP contribution in [0.3, 0.4) is 0 Å². The van der Waals surface area contributed by atoms with Gasteiger partial charge in [-0.25, -0.2) is 8.42 Å². The summed E-state index contributed by atoms with van der Waals surface area (Å²) >= 11 is 16.5. The van der Waals surface area contributed by atoms with Crippen molar-refractivity contribution in [1.29, 1.82) is 0 Å². The number of hydrogen-bond donors (Lipinski definition) is 0. The van der Waals surface area contributed by atoms with E-state index < -0.39 is 15.0 Å².